The molecule has 0 unspecified atom stereocenters. The van der Waals surface area contributed by atoms with Gasteiger partial charge in [-0.2, -0.15) is 5.10 Å². The highest BCUT2D eigenvalue weighted by Crippen LogP contribution is 2.40. The lowest BCUT2D eigenvalue weighted by Crippen LogP contribution is -2.18. The third-order valence-corrected chi connectivity index (χ3v) is 2.92. The molecule has 1 aromatic carbocycles. The predicted octanol–water partition coefficient (Wildman–Crippen LogP) is 1.47. The van der Waals surface area contributed by atoms with Gasteiger partial charge in [-0.3, -0.25) is 4.79 Å². The molecule has 0 aliphatic carbocycles. The van der Waals surface area contributed by atoms with Crippen LogP contribution in [-0.2, 0) is 7.05 Å². The van der Waals surface area contributed by atoms with Gasteiger partial charge in [0.15, 0.2) is 11.5 Å². The Morgan fingerprint density at radius 3 is 2.05 bits per heavy atom. The summed E-state index contributed by atoms with van der Waals surface area (Å²) < 4.78 is 17.1. The zero-order valence-corrected chi connectivity index (χ0v) is 11.8. The second kappa shape index (κ2) is 5.64. The van der Waals surface area contributed by atoms with Gasteiger partial charge >= 0.3 is 0 Å². The van der Waals surface area contributed by atoms with E-state index in [2.05, 4.69) is 5.10 Å². The number of aryl methyl sites for hydroxylation is 1. The summed E-state index contributed by atoms with van der Waals surface area (Å²) in [4.78, 5) is 11.4. The Kier molecular flexibility index (Phi) is 3.93. The maximum Gasteiger partial charge on any atom is 0.266 e. The number of ether oxygens (including phenoxy) is 3. The highest BCUT2D eigenvalue weighted by molar-refractivity contribution is 5.68. The number of hydrogen-bond acceptors (Lipinski definition) is 5. The van der Waals surface area contributed by atoms with Crippen molar-refractivity contribution in [2.45, 2.75) is 0 Å². The number of hydrogen-bond donors (Lipinski definition) is 0. The van der Waals surface area contributed by atoms with Crippen LogP contribution in [0.5, 0.6) is 17.2 Å². The van der Waals surface area contributed by atoms with E-state index in [1.807, 2.05) is 0 Å². The van der Waals surface area contributed by atoms with Crippen molar-refractivity contribution in [3.63, 3.8) is 0 Å². The molecular formula is C14H16N2O4. The van der Waals surface area contributed by atoms with Gasteiger partial charge in [0.25, 0.3) is 5.56 Å². The van der Waals surface area contributed by atoms with Gasteiger partial charge in [-0.05, 0) is 18.2 Å². The standard InChI is InChI=1S/C14H16N2O4/c1-16-13(17)6-5-10(15-16)9-7-11(18-2)14(20-4)12(8-9)19-3/h5-8H,1-4H3. The molecule has 6 nitrogen and oxygen atoms in total. The number of rotatable bonds is 4. The third-order valence-electron chi connectivity index (χ3n) is 2.92. The van der Waals surface area contributed by atoms with Crippen LogP contribution in [0.3, 0.4) is 0 Å². The van der Waals surface area contributed by atoms with E-state index in [9.17, 15) is 4.79 Å². The molecule has 0 N–H and O–H groups in total. The quantitative estimate of drug-likeness (QED) is 0.846. The highest BCUT2D eigenvalue weighted by atomic mass is 16.5. The summed E-state index contributed by atoms with van der Waals surface area (Å²) in [7, 11) is 6.25. The Morgan fingerprint density at radius 1 is 1.00 bits per heavy atom. The first kappa shape index (κ1) is 13.9. The normalized spacial score (nSPS) is 10.2. The van der Waals surface area contributed by atoms with Crippen LogP contribution >= 0.6 is 0 Å². The van der Waals surface area contributed by atoms with Crippen molar-refractivity contribution in [1.82, 2.24) is 9.78 Å². The molecule has 0 amide bonds. The molecule has 0 aliphatic heterocycles. The molecule has 0 aliphatic rings. The minimum Gasteiger partial charge on any atom is -0.493 e. The number of benzene rings is 1. The van der Waals surface area contributed by atoms with Crippen molar-refractivity contribution in [2.24, 2.45) is 7.05 Å². The fourth-order valence-corrected chi connectivity index (χ4v) is 1.89. The van der Waals surface area contributed by atoms with Crippen LogP contribution in [0.15, 0.2) is 29.1 Å². The first-order valence-corrected chi connectivity index (χ1v) is 5.95. The zero-order chi connectivity index (χ0) is 14.7. The van der Waals surface area contributed by atoms with Crippen molar-refractivity contribution >= 4 is 0 Å². The molecule has 0 fully saturated rings. The number of methoxy groups -OCH3 is 3. The Hall–Kier alpha value is -2.50. The summed E-state index contributed by atoms with van der Waals surface area (Å²) in [5.74, 6) is 1.60. The van der Waals surface area contributed by atoms with E-state index in [-0.39, 0.29) is 5.56 Å². The second-order valence-electron chi connectivity index (χ2n) is 4.09. The molecule has 1 heterocycles. The maximum absolute atomic E-state index is 11.4. The summed E-state index contributed by atoms with van der Waals surface area (Å²) in [5, 5.41) is 4.20. The number of aromatic nitrogens is 2. The molecule has 20 heavy (non-hydrogen) atoms. The lowest BCUT2D eigenvalue weighted by atomic mass is 10.1. The first-order chi connectivity index (χ1) is 9.60. The molecule has 0 saturated carbocycles. The smallest absolute Gasteiger partial charge is 0.266 e. The molecule has 0 spiro atoms. The summed E-state index contributed by atoms with van der Waals surface area (Å²) in [5.41, 5.74) is 1.25. The average Bonchev–Trinajstić information content (AvgIpc) is 2.48. The van der Waals surface area contributed by atoms with E-state index < -0.39 is 0 Å². The van der Waals surface area contributed by atoms with Gasteiger partial charge in [0.2, 0.25) is 5.75 Å². The van der Waals surface area contributed by atoms with E-state index in [4.69, 9.17) is 14.2 Å². The molecular weight excluding hydrogens is 260 g/mol. The van der Waals surface area contributed by atoms with Crippen molar-refractivity contribution in [2.75, 3.05) is 21.3 Å². The summed E-state index contributed by atoms with van der Waals surface area (Å²) in [6, 6.07) is 6.69. The van der Waals surface area contributed by atoms with Gasteiger partial charge in [0.1, 0.15) is 0 Å². The Bertz CT molecular complexity index is 654. The molecule has 0 saturated heterocycles. The Balaban J connectivity index is 2.62. The highest BCUT2D eigenvalue weighted by Gasteiger charge is 2.14. The zero-order valence-electron chi connectivity index (χ0n) is 11.8. The van der Waals surface area contributed by atoms with Crippen molar-refractivity contribution in [1.29, 1.82) is 0 Å². The fourth-order valence-electron chi connectivity index (χ4n) is 1.89. The monoisotopic (exact) mass is 276 g/mol. The van der Waals surface area contributed by atoms with Gasteiger partial charge in [0.05, 0.1) is 27.0 Å². The van der Waals surface area contributed by atoms with Gasteiger partial charge in [-0.1, -0.05) is 0 Å². The second-order valence-corrected chi connectivity index (χ2v) is 4.09. The minimum absolute atomic E-state index is 0.166. The summed E-state index contributed by atoms with van der Waals surface area (Å²) in [6.07, 6.45) is 0. The average molecular weight is 276 g/mol. The SMILES string of the molecule is COc1cc(-c2ccc(=O)n(C)n2)cc(OC)c1OC. The molecule has 2 rings (SSSR count). The van der Waals surface area contributed by atoms with Crippen LogP contribution in [-0.4, -0.2) is 31.1 Å². The first-order valence-electron chi connectivity index (χ1n) is 5.95. The van der Waals surface area contributed by atoms with Crippen molar-refractivity contribution in [3.8, 4) is 28.5 Å². The van der Waals surface area contributed by atoms with E-state index >= 15 is 0 Å². The van der Waals surface area contributed by atoms with Gasteiger partial charge in [-0.15, -0.1) is 0 Å². The summed E-state index contributed by atoms with van der Waals surface area (Å²) in [6.45, 7) is 0. The molecule has 0 atom stereocenters. The largest absolute Gasteiger partial charge is 0.493 e. The molecule has 106 valence electrons. The van der Waals surface area contributed by atoms with Crippen LogP contribution in [0.1, 0.15) is 0 Å². The fraction of sp³-hybridized carbons (Fsp3) is 0.286. The Labute approximate surface area is 116 Å². The van der Waals surface area contributed by atoms with Crippen LogP contribution in [0.2, 0.25) is 0 Å². The predicted molar refractivity (Wildman–Crippen MR) is 74.6 cm³/mol. The van der Waals surface area contributed by atoms with Crippen LogP contribution in [0.25, 0.3) is 11.3 Å². The lowest BCUT2D eigenvalue weighted by Gasteiger charge is -2.14. The van der Waals surface area contributed by atoms with E-state index in [1.165, 1.54) is 10.7 Å². The molecule has 0 radical (unpaired) electrons. The van der Waals surface area contributed by atoms with Crippen molar-refractivity contribution < 1.29 is 14.2 Å². The maximum atomic E-state index is 11.4. The van der Waals surface area contributed by atoms with Crippen molar-refractivity contribution in [3.05, 3.63) is 34.6 Å². The molecule has 2 aromatic rings. The topological polar surface area (TPSA) is 62.6 Å². The summed E-state index contributed by atoms with van der Waals surface area (Å²) >= 11 is 0. The van der Waals surface area contributed by atoms with E-state index in [0.29, 0.717) is 22.9 Å². The molecule has 0 bridgehead atoms. The van der Waals surface area contributed by atoms with E-state index in [0.717, 1.165) is 5.56 Å². The Morgan fingerprint density at radius 2 is 1.60 bits per heavy atom. The van der Waals surface area contributed by atoms with Crippen LogP contribution in [0.4, 0.5) is 0 Å². The molecule has 6 heteroatoms. The van der Waals surface area contributed by atoms with E-state index in [1.54, 1.807) is 46.6 Å². The van der Waals surface area contributed by atoms with Gasteiger partial charge in [-0.25, -0.2) is 4.68 Å². The molecule has 1 aromatic heterocycles. The number of nitrogens with zero attached hydrogens (tertiary/aromatic N) is 2. The van der Waals surface area contributed by atoms with Gasteiger partial charge in [0, 0.05) is 18.7 Å². The van der Waals surface area contributed by atoms with Gasteiger partial charge < -0.3 is 14.2 Å². The minimum atomic E-state index is -0.166. The lowest BCUT2D eigenvalue weighted by molar-refractivity contribution is 0.324. The van der Waals surface area contributed by atoms with Crippen LogP contribution < -0.4 is 19.8 Å². The van der Waals surface area contributed by atoms with Crippen LogP contribution in [0, 0.1) is 0 Å². The third kappa shape index (κ3) is 2.45.